The summed E-state index contributed by atoms with van der Waals surface area (Å²) in [5, 5.41) is 10.2. The first-order valence-electron chi connectivity index (χ1n) is 5.39. The molecule has 0 aliphatic rings. The molecule has 0 spiro atoms. The van der Waals surface area contributed by atoms with Crippen molar-refractivity contribution in [2.45, 2.75) is 20.0 Å². The summed E-state index contributed by atoms with van der Waals surface area (Å²) in [5.41, 5.74) is 0.905. The van der Waals surface area contributed by atoms with Gasteiger partial charge >= 0.3 is 5.97 Å². The van der Waals surface area contributed by atoms with Gasteiger partial charge in [-0.05, 0) is 5.56 Å². The fourth-order valence-corrected chi connectivity index (χ4v) is 1.40. The molecule has 0 radical (unpaired) electrons. The molecule has 1 aromatic carbocycles. The molecule has 0 bridgehead atoms. The van der Waals surface area contributed by atoms with Crippen molar-refractivity contribution < 1.29 is 14.5 Å². The molecular weight excluding hydrogens is 222 g/mol. The first kappa shape index (κ1) is 13.2. The Balaban J connectivity index is 2.28. The molecule has 5 nitrogen and oxygen atoms in total. The third-order valence-electron chi connectivity index (χ3n) is 2.22. The molecule has 1 aromatic rings. The summed E-state index contributed by atoms with van der Waals surface area (Å²) in [6.45, 7) is 1.66. The highest BCUT2D eigenvalue weighted by Gasteiger charge is 2.15. The van der Waals surface area contributed by atoms with E-state index in [0.717, 1.165) is 5.56 Å². The number of benzene rings is 1. The quantitative estimate of drug-likeness (QED) is 0.431. The number of esters is 1. The van der Waals surface area contributed by atoms with E-state index in [9.17, 15) is 14.9 Å². The van der Waals surface area contributed by atoms with Crippen LogP contribution in [0.4, 0.5) is 0 Å². The van der Waals surface area contributed by atoms with Crippen LogP contribution in [0.5, 0.6) is 0 Å². The van der Waals surface area contributed by atoms with Gasteiger partial charge in [0.2, 0.25) is 6.54 Å². The first-order valence-corrected chi connectivity index (χ1v) is 5.39. The van der Waals surface area contributed by atoms with Crippen LogP contribution < -0.4 is 0 Å². The van der Waals surface area contributed by atoms with Gasteiger partial charge < -0.3 is 4.74 Å². The Kier molecular flexibility index (Phi) is 5.13. The number of nitrogens with zero attached hydrogens (tertiary/aromatic N) is 1. The molecule has 1 rings (SSSR count). The predicted molar refractivity (Wildman–Crippen MR) is 61.9 cm³/mol. The summed E-state index contributed by atoms with van der Waals surface area (Å²) in [7, 11) is 0. The van der Waals surface area contributed by atoms with Crippen LogP contribution in [0, 0.1) is 16.0 Å². The number of hydrogen-bond donors (Lipinski definition) is 0. The summed E-state index contributed by atoms with van der Waals surface area (Å²) >= 11 is 0. The Bertz CT molecular complexity index is 377. The van der Waals surface area contributed by atoms with Crippen LogP contribution in [0.15, 0.2) is 30.3 Å². The average Bonchev–Trinajstić information content (AvgIpc) is 2.26. The molecule has 17 heavy (non-hydrogen) atoms. The molecule has 5 heteroatoms. The highest BCUT2D eigenvalue weighted by Crippen LogP contribution is 2.06. The van der Waals surface area contributed by atoms with Crippen LogP contribution in [-0.4, -0.2) is 17.4 Å². The largest absolute Gasteiger partial charge is 0.461 e. The minimum atomic E-state index is -0.421. The lowest BCUT2D eigenvalue weighted by molar-refractivity contribution is -0.487. The molecule has 0 N–H and O–H groups in total. The molecule has 0 fully saturated rings. The third-order valence-corrected chi connectivity index (χ3v) is 2.22. The van der Waals surface area contributed by atoms with Gasteiger partial charge in [0.25, 0.3) is 0 Å². The van der Waals surface area contributed by atoms with Gasteiger partial charge in [-0.25, -0.2) is 0 Å². The zero-order chi connectivity index (χ0) is 12.7. The van der Waals surface area contributed by atoms with Gasteiger partial charge in [0.1, 0.15) is 6.61 Å². The van der Waals surface area contributed by atoms with E-state index in [1.807, 2.05) is 30.3 Å². The van der Waals surface area contributed by atoms with Gasteiger partial charge in [-0.3, -0.25) is 14.9 Å². The van der Waals surface area contributed by atoms with E-state index in [1.165, 1.54) is 0 Å². The van der Waals surface area contributed by atoms with E-state index < -0.39 is 10.9 Å². The van der Waals surface area contributed by atoms with Crippen LogP contribution in [0.3, 0.4) is 0 Å². The summed E-state index contributed by atoms with van der Waals surface area (Å²) in [6.07, 6.45) is 0.0772. The lowest BCUT2D eigenvalue weighted by atomic mass is 10.1. The average molecular weight is 237 g/mol. The van der Waals surface area contributed by atoms with E-state index in [2.05, 4.69) is 0 Å². The Morgan fingerprint density at radius 2 is 2.06 bits per heavy atom. The second-order valence-electron chi connectivity index (χ2n) is 3.97. The molecule has 1 unspecified atom stereocenters. The monoisotopic (exact) mass is 237 g/mol. The molecule has 0 heterocycles. The number of hydrogen-bond acceptors (Lipinski definition) is 4. The third kappa shape index (κ3) is 5.65. The maximum atomic E-state index is 11.4. The van der Waals surface area contributed by atoms with Crippen molar-refractivity contribution in [2.24, 2.45) is 5.92 Å². The standard InChI is InChI=1S/C12H15NO4/c1-10(8-13(15)16)7-12(14)17-9-11-5-3-2-4-6-11/h2-6,10H,7-9H2,1H3. The Labute approximate surface area is 99.5 Å². The molecule has 0 saturated heterocycles. The maximum Gasteiger partial charge on any atom is 0.306 e. The van der Waals surface area contributed by atoms with Gasteiger partial charge in [0.05, 0.1) is 6.42 Å². The van der Waals surface area contributed by atoms with Crippen LogP contribution in [0.1, 0.15) is 18.9 Å². The van der Waals surface area contributed by atoms with Crippen molar-refractivity contribution in [3.63, 3.8) is 0 Å². The molecule has 0 aliphatic heterocycles. The molecule has 0 aromatic heterocycles. The van der Waals surface area contributed by atoms with Crippen molar-refractivity contribution in [3.05, 3.63) is 46.0 Å². The summed E-state index contributed by atoms with van der Waals surface area (Å²) in [4.78, 5) is 21.2. The fraction of sp³-hybridized carbons (Fsp3) is 0.417. The zero-order valence-electron chi connectivity index (χ0n) is 9.67. The lowest BCUT2D eigenvalue weighted by Gasteiger charge is -2.07. The van der Waals surface area contributed by atoms with E-state index in [4.69, 9.17) is 4.74 Å². The highest BCUT2D eigenvalue weighted by atomic mass is 16.6. The molecule has 0 saturated carbocycles. The fourth-order valence-electron chi connectivity index (χ4n) is 1.40. The van der Waals surface area contributed by atoms with E-state index >= 15 is 0 Å². The maximum absolute atomic E-state index is 11.4. The second kappa shape index (κ2) is 6.62. The van der Waals surface area contributed by atoms with E-state index in [1.54, 1.807) is 6.92 Å². The van der Waals surface area contributed by atoms with Gasteiger partial charge in [-0.1, -0.05) is 37.3 Å². The number of rotatable bonds is 6. The zero-order valence-corrected chi connectivity index (χ0v) is 9.67. The molecule has 92 valence electrons. The minimum absolute atomic E-state index is 0.0772. The predicted octanol–water partition coefficient (Wildman–Crippen LogP) is 2.03. The van der Waals surface area contributed by atoms with Crippen LogP contribution in [-0.2, 0) is 16.1 Å². The molecule has 0 amide bonds. The van der Waals surface area contributed by atoms with Crippen molar-refractivity contribution >= 4 is 5.97 Å². The molecule has 1 atom stereocenters. The highest BCUT2D eigenvalue weighted by molar-refractivity contribution is 5.69. The molecular formula is C12H15NO4. The second-order valence-corrected chi connectivity index (χ2v) is 3.97. The summed E-state index contributed by atoms with van der Waals surface area (Å²) < 4.78 is 5.02. The normalized spacial score (nSPS) is 11.8. The van der Waals surface area contributed by atoms with Crippen LogP contribution in [0.2, 0.25) is 0 Å². The summed E-state index contributed by atoms with van der Waals surface area (Å²) in [5.74, 6) is -0.698. The number of nitro groups is 1. The number of carbonyl (C=O) groups excluding carboxylic acids is 1. The SMILES string of the molecule is CC(CC(=O)OCc1ccccc1)C[N+](=O)[O-]. The topological polar surface area (TPSA) is 69.4 Å². The molecule has 0 aliphatic carbocycles. The lowest BCUT2D eigenvalue weighted by Crippen LogP contribution is -2.16. The van der Waals surface area contributed by atoms with Gasteiger partial charge in [-0.2, -0.15) is 0 Å². The number of ether oxygens (including phenoxy) is 1. The summed E-state index contributed by atoms with van der Waals surface area (Å²) in [6, 6.07) is 9.31. The van der Waals surface area contributed by atoms with Crippen molar-refractivity contribution in [1.82, 2.24) is 0 Å². The number of carbonyl (C=O) groups is 1. The van der Waals surface area contributed by atoms with Crippen molar-refractivity contribution in [2.75, 3.05) is 6.54 Å². The van der Waals surface area contributed by atoms with Gasteiger partial charge in [0.15, 0.2) is 0 Å². The first-order chi connectivity index (χ1) is 8.08. The smallest absolute Gasteiger partial charge is 0.306 e. The van der Waals surface area contributed by atoms with Gasteiger partial charge in [-0.15, -0.1) is 0 Å². The van der Waals surface area contributed by atoms with Gasteiger partial charge in [0, 0.05) is 10.8 Å². The Hall–Kier alpha value is -1.91. The Morgan fingerprint density at radius 3 is 2.65 bits per heavy atom. The van der Waals surface area contributed by atoms with E-state index in [0.29, 0.717) is 0 Å². The van der Waals surface area contributed by atoms with Crippen molar-refractivity contribution in [1.29, 1.82) is 0 Å². The van der Waals surface area contributed by atoms with Crippen LogP contribution in [0.25, 0.3) is 0 Å². The van der Waals surface area contributed by atoms with E-state index in [-0.39, 0.29) is 25.5 Å². The Morgan fingerprint density at radius 1 is 1.41 bits per heavy atom. The minimum Gasteiger partial charge on any atom is -0.461 e. The van der Waals surface area contributed by atoms with Crippen molar-refractivity contribution in [3.8, 4) is 0 Å². The van der Waals surface area contributed by atoms with Crippen LogP contribution >= 0.6 is 0 Å².